The smallest absolute Gasteiger partial charge is 0.301 e. The predicted octanol–water partition coefficient (Wildman–Crippen LogP) is 4.82. The number of carbonyl (C=O) groups excluding carboxylic acids is 1. The van der Waals surface area contributed by atoms with E-state index in [-0.39, 0.29) is 25.1 Å². The summed E-state index contributed by atoms with van der Waals surface area (Å²) >= 11 is 0. The zero-order chi connectivity index (χ0) is 28.2. The molecule has 0 unspecified atom stereocenters. The first-order valence-electron chi connectivity index (χ1n) is 12.9. The molecule has 208 valence electrons. The van der Waals surface area contributed by atoms with Crippen LogP contribution in [0.15, 0.2) is 48.8 Å². The van der Waals surface area contributed by atoms with E-state index < -0.39 is 45.0 Å². The maximum Gasteiger partial charge on any atom is 0.301 e. The number of aromatic amines is 1. The van der Waals surface area contributed by atoms with Crippen molar-refractivity contribution >= 4 is 38.4 Å². The second kappa shape index (κ2) is 9.93. The van der Waals surface area contributed by atoms with Gasteiger partial charge in [-0.25, -0.2) is 18.2 Å². The molecule has 2 aromatic heterocycles. The molecule has 0 amide bonds. The first-order valence-corrected chi connectivity index (χ1v) is 14.3. The summed E-state index contributed by atoms with van der Waals surface area (Å²) in [6.45, 7) is 0.549. The number of nitrogens with zero attached hydrogens (tertiary/aromatic N) is 3. The van der Waals surface area contributed by atoms with Crippen LogP contribution in [0.2, 0.25) is 0 Å². The van der Waals surface area contributed by atoms with Gasteiger partial charge in [0.05, 0.1) is 11.3 Å². The summed E-state index contributed by atoms with van der Waals surface area (Å²) in [5.41, 5.74) is 2.83. The van der Waals surface area contributed by atoms with Gasteiger partial charge in [-0.05, 0) is 60.7 Å². The Morgan fingerprint density at radius 2 is 1.95 bits per heavy atom. The molecular weight excluding hydrogens is 543 g/mol. The fourth-order valence-corrected chi connectivity index (χ4v) is 6.67. The largest absolute Gasteiger partial charge is 0.374 e. The monoisotopic (exact) mass is 569 g/mol. The molecule has 4 heterocycles. The number of nitrogens with one attached hydrogen (secondary N) is 2. The molecule has 2 aliphatic heterocycles. The Hall–Kier alpha value is -3.90. The fraction of sp³-hybridized carbons (Fsp3) is 0.286. The van der Waals surface area contributed by atoms with Gasteiger partial charge in [-0.2, -0.15) is 12.7 Å². The van der Waals surface area contributed by atoms with Crippen LogP contribution in [0.5, 0.6) is 0 Å². The molecule has 2 aliphatic rings. The van der Waals surface area contributed by atoms with Gasteiger partial charge in [-0.3, -0.25) is 9.52 Å². The van der Waals surface area contributed by atoms with E-state index in [2.05, 4.69) is 20.9 Å². The van der Waals surface area contributed by atoms with Crippen LogP contribution in [0.1, 0.15) is 34.3 Å². The van der Waals surface area contributed by atoms with E-state index in [1.54, 1.807) is 12.3 Å². The maximum absolute atomic E-state index is 15.5. The lowest BCUT2D eigenvalue weighted by Gasteiger charge is -2.27. The molecule has 1 fully saturated rings. The number of hydrogen-bond donors (Lipinski definition) is 2. The average molecular weight is 570 g/mol. The lowest BCUT2D eigenvalue weighted by molar-refractivity contribution is 0.103. The van der Waals surface area contributed by atoms with Crippen molar-refractivity contribution in [3.05, 3.63) is 77.1 Å². The number of H-pyrrole nitrogens is 1. The Bertz CT molecular complexity index is 1760. The molecule has 8 nitrogen and oxygen atoms in total. The molecule has 0 spiro atoms. The van der Waals surface area contributed by atoms with Crippen molar-refractivity contribution in [3.8, 4) is 11.1 Å². The number of anilines is 2. The molecule has 0 saturated carbocycles. The molecule has 2 aromatic carbocycles. The number of halogens is 3. The first kappa shape index (κ1) is 26.3. The lowest BCUT2D eigenvalue weighted by atomic mass is 9.96. The van der Waals surface area contributed by atoms with Crippen LogP contribution in [-0.2, 0) is 16.6 Å². The highest BCUT2D eigenvalue weighted by molar-refractivity contribution is 7.90. The van der Waals surface area contributed by atoms with Gasteiger partial charge in [0.25, 0.3) is 0 Å². The minimum absolute atomic E-state index is 0.0142. The number of ketones is 1. The zero-order valence-electron chi connectivity index (χ0n) is 21.5. The van der Waals surface area contributed by atoms with Crippen molar-refractivity contribution in [1.82, 2.24) is 14.3 Å². The topological polar surface area (TPSA) is 98.4 Å². The second-order valence-corrected chi connectivity index (χ2v) is 11.8. The van der Waals surface area contributed by atoms with Crippen LogP contribution >= 0.6 is 0 Å². The van der Waals surface area contributed by atoms with Crippen molar-refractivity contribution in [2.75, 3.05) is 36.3 Å². The summed E-state index contributed by atoms with van der Waals surface area (Å²) in [6.07, 6.45) is 3.68. The third-order valence-electron chi connectivity index (χ3n) is 7.53. The number of aryl methyl sites for hydroxylation is 1. The van der Waals surface area contributed by atoms with E-state index in [0.29, 0.717) is 11.0 Å². The number of pyridine rings is 1. The van der Waals surface area contributed by atoms with Crippen LogP contribution < -0.4 is 9.62 Å². The molecule has 0 bridgehead atoms. The van der Waals surface area contributed by atoms with Gasteiger partial charge < -0.3 is 9.88 Å². The SMILES string of the molecule is CN1CCCc2cc(-c3cnc4[nH]cc(C(=O)c5c(F)ccc(NS(=O)(=O)N6CC[C@@H](F)C6)c5F)c4c3)ccc21. The van der Waals surface area contributed by atoms with Gasteiger partial charge in [0.2, 0.25) is 5.78 Å². The molecule has 2 N–H and O–H groups in total. The molecule has 1 atom stereocenters. The Morgan fingerprint density at radius 1 is 1.12 bits per heavy atom. The summed E-state index contributed by atoms with van der Waals surface area (Å²) in [5, 5.41) is 0.369. The Balaban J connectivity index is 1.35. The number of fused-ring (bicyclic) bond motifs is 2. The molecule has 4 aromatic rings. The van der Waals surface area contributed by atoms with Crippen molar-refractivity contribution in [1.29, 1.82) is 0 Å². The Morgan fingerprint density at radius 3 is 2.73 bits per heavy atom. The second-order valence-electron chi connectivity index (χ2n) is 10.2. The number of benzene rings is 2. The molecule has 0 radical (unpaired) electrons. The third-order valence-corrected chi connectivity index (χ3v) is 9.02. The lowest BCUT2D eigenvalue weighted by Crippen LogP contribution is -2.34. The summed E-state index contributed by atoms with van der Waals surface area (Å²) < 4.78 is 72.0. The summed E-state index contributed by atoms with van der Waals surface area (Å²) in [4.78, 5) is 23.0. The van der Waals surface area contributed by atoms with Crippen LogP contribution in [0.25, 0.3) is 22.2 Å². The predicted molar refractivity (Wildman–Crippen MR) is 147 cm³/mol. The van der Waals surface area contributed by atoms with Crippen molar-refractivity contribution in [3.63, 3.8) is 0 Å². The quantitative estimate of drug-likeness (QED) is 0.325. The highest BCUT2D eigenvalue weighted by Gasteiger charge is 2.33. The highest BCUT2D eigenvalue weighted by Crippen LogP contribution is 2.33. The van der Waals surface area contributed by atoms with Crippen molar-refractivity contribution < 1.29 is 26.4 Å². The van der Waals surface area contributed by atoms with E-state index in [1.807, 2.05) is 23.9 Å². The summed E-state index contributed by atoms with van der Waals surface area (Å²) in [7, 11) is -2.26. The molecule has 6 rings (SSSR count). The van der Waals surface area contributed by atoms with Crippen molar-refractivity contribution in [2.24, 2.45) is 0 Å². The Labute approximate surface area is 229 Å². The number of carbonyl (C=O) groups is 1. The molecule has 1 saturated heterocycles. The highest BCUT2D eigenvalue weighted by atomic mass is 32.2. The molecule has 12 heteroatoms. The van der Waals surface area contributed by atoms with E-state index in [0.717, 1.165) is 52.6 Å². The first-order chi connectivity index (χ1) is 19.1. The van der Waals surface area contributed by atoms with Crippen LogP contribution in [0.4, 0.5) is 24.5 Å². The van der Waals surface area contributed by atoms with Gasteiger partial charge in [-0.1, -0.05) is 6.07 Å². The zero-order valence-corrected chi connectivity index (χ0v) is 22.4. The minimum Gasteiger partial charge on any atom is -0.374 e. The average Bonchev–Trinajstić information content (AvgIpc) is 3.57. The van der Waals surface area contributed by atoms with Gasteiger partial charge >= 0.3 is 10.2 Å². The van der Waals surface area contributed by atoms with Gasteiger partial charge in [0.1, 0.15) is 17.6 Å². The molecule has 0 aliphatic carbocycles. The molecule has 40 heavy (non-hydrogen) atoms. The third kappa shape index (κ3) is 4.60. The van der Waals surface area contributed by atoms with E-state index in [1.165, 1.54) is 11.8 Å². The van der Waals surface area contributed by atoms with Crippen LogP contribution in [0.3, 0.4) is 0 Å². The fourth-order valence-electron chi connectivity index (χ4n) is 5.40. The number of rotatable bonds is 6. The van der Waals surface area contributed by atoms with Gasteiger partial charge in [0, 0.05) is 61.3 Å². The van der Waals surface area contributed by atoms with E-state index in [4.69, 9.17) is 0 Å². The summed E-state index contributed by atoms with van der Waals surface area (Å²) in [5.74, 6) is -3.48. The Kier molecular flexibility index (Phi) is 6.54. The maximum atomic E-state index is 15.5. The standard InChI is InChI=1S/C28H26F3N5O3S/c1-35-9-2-3-17-11-16(4-7-24(17)35)18-12-20-21(14-33-28(20)32-13-18)27(37)25-22(30)5-6-23(26(25)31)34-40(38,39)36-10-8-19(29)15-36/h4-7,11-14,19,34H,2-3,8-10,15H2,1H3,(H,32,33)/t19-/m1/s1. The number of aromatic nitrogens is 2. The van der Waals surface area contributed by atoms with Crippen LogP contribution in [0, 0.1) is 11.6 Å². The van der Waals surface area contributed by atoms with Gasteiger partial charge in [-0.15, -0.1) is 0 Å². The van der Waals surface area contributed by atoms with E-state index >= 15 is 4.39 Å². The minimum atomic E-state index is -4.31. The molecular formula is C28H26F3N5O3S. The van der Waals surface area contributed by atoms with Crippen LogP contribution in [-0.4, -0.2) is 61.3 Å². The number of hydrogen-bond acceptors (Lipinski definition) is 5. The summed E-state index contributed by atoms with van der Waals surface area (Å²) in [6, 6.07) is 9.55. The number of alkyl halides is 1. The van der Waals surface area contributed by atoms with Crippen molar-refractivity contribution in [2.45, 2.75) is 25.4 Å². The van der Waals surface area contributed by atoms with Gasteiger partial charge in [0.15, 0.2) is 5.82 Å². The normalized spacial score (nSPS) is 17.8. The van der Waals surface area contributed by atoms with E-state index in [9.17, 15) is 22.0 Å².